The summed E-state index contributed by atoms with van der Waals surface area (Å²) in [5, 5.41) is 81.9. The van der Waals surface area contributed by atoms with Gasteiger partial charge in [-0.15, -0.1) is 11.8 Å². The summed E-state index contributed by atoms with van der Waals surface area (Å²) in [6.07, 6.45) is -15.9. The summed E-state index contributed by atoms with van der Waals surface area (Å²) >= 11 is 1.04. The van der Waals surface area contributed by atoms with Crippen molar-refractivity contribution in [1.29, 1.82) is 0 Å². The van der Waals surface area contributed by atoms with Crippen LogP contribution >= 0.6 is 11.8 Å². The Labute approximate surface area is 223 Å². The van der Waals surface area contributed by atoms with Crippen LogP contribution in [0.15, 0.2) is 0 Å². The Balaban J connectivity index is 1.77. The number of aliphatic hydroxyl groups is 8. The number of thioether (sulfide) groups is 1. The van der Waals surface area contributed by atoms with Gasteiger partial charge in [0.05, 0.1) is 37.9 Å². The van der Waals surface area contributed by atoms with E-state index in [0.717, 1.165) is 11.8 Å². The van der Waals surface area contributed by atoms with Crippen molar-refractivity contribution in [2.75, 3.05) is 19.8 Å². The highest BCUT2D eigenvalue weighted by Crippen LogP contribution is 2.41. The Hall–Kier alpha value is -0.290. The second kappa shape index (κ2) is 13.1. The lowest BCUT2D eigenvalue weighted by molar-refractivity contribution is -0.351. The molecule has 0 aromatic rings. The van der Waals surface area contributed by atoms with Gasteiger partial charge in [-0.25, -0.2) is 0 Å². The van der Waals surface area contributed by atoms with Crippen LogP contribution in [-0.4, -0.2) is 157 Å². The Morgan fingerprint density at radius 1 is 0.763 bits per heavy atom. The lowest BCUT2D eigenvalue weighted by atomic mass is 9.94. The van der Waals surface area contributed by atoms with Gasteiger partial charge in [0.25, 0.3) is 0 Å². The third-order valence-electron chi connectivity index (χ3n) is 6.86. The van der Waals surface area contributed by atoms with Gasteiger partial charge in [0.15, 0.2) is 23.8 Å². The summed E-state index contributed by atoms with van der Waals surface area (Å²) < 4.78 is 28.3. The second-order valence-corrected chi connectivity index (χ2v) is 11.8. The third kappa shape index (κ3) is 6.29. The van der Waals surface area contributed by atoms with E-state index < -0.39 is 111 Å². The topological polar surface area (TPSA) is 286 Å². The highest BCUT2D eigenvalue weighted by atomic mass is 32.2. The van der Waals surface area contributed by atoms with Gasteiger partial charge >= 0.3 is 0 Å². The van der Waals surface area contributed by atoms with Crippen molar-refractivity contribution in [3.63, 3.8) is 0 Å². The molecular formula is C21H41N3O13S. The van der Waals surface area contributed by atoms with Gasteiger partial charge in [-0.3, -0.25) is 0 Å². The van der Waals surface area contributed by atoms with E-state index in [4.69, 9.17) is 40.9 Å². The zero-order valence-corrected chi connectivity index (χ0v) is 21.9. The van der Waals surface area contributed by atoms with E-state index in [0.29, 0.717) is 0 Å². The first-order chi connectivity index (χ1) is 17.8. The number of ether oxygens (including phenoxy) is 5. The van der Waals surface area contributed by atoms with Crippen LogP contribution in [-0.2, 0) is 23.7 Å². The molecule has 17 heteroatoms. The lowest BCUT2D eigenvalue weighted by Gasteiger charge is -2.51. The first-order valence-electron chi connectivity index (χ1n) is 12.3. The first-order valence-corrected chi connectivity index (χ1v) is 13.2. The van der Waals surface area contributed by atoms with E-state index in [9.17, 15) is 40.9 Å². The molecule has 0 radical (unpaired) electrons. The number of rotatable bonds is 9. The summed E-state index contributed by atoms with van der Waals surface area (Å²) in [5.41, 5.74) is 17.9. The highest BCUT2D eigenvalue weighted by Gasteiger charge is 2.56. The smallest absolute Gasteiger partial charge is 0.177 e. The monoisotopic (exact) mass is 575 g/mol. The molecule has 3 fully saturated rings. The molecule has 0 amide bonds. The summed E-state index contributed by atoms with van der Waals surface area (Å²) in [7, 11) is 0. The van der Waals surface area contributed by atoms with E-state index in [-0.39, 0.29) is 5.25 Å². The minimum absolute atomic E-state index is 0.143. The molecule has 38 heavy (non-hydrogen) atoms. The van der Waals surface area contributed by atoms with Crippen molar-refractivity contribution in [2.24, 2.45) is 17.2 Å². The maximum atomic E-state index is 11.0. The zero-order valence-electron chi connectivity index (χ0n) is 21.0. The minimum Gasteiger partial charge on any atom is -0.394 e. The molecule has 3 heterocycles. The fraction of sp³-hybridized carbons (Fsp3) is 1.00. The predicted octanol–water partition coefficient (Wildman–Crippen LogP) is -6.20. The van der Waals surface area contributed by atoms with E-state index in [1.54, 1.807) is 13.8 Å². The molecule has 15 atom stereocenters. The standard InChI is InChI=1S/C21H41N3O13S/c1-6(2)38-21(5-27)17(31)14(30)11(24)20(37-21)36-16-8(4-26)34-19(10(23)13(16)29)35-15-7(3-25)33-18(32)9(22)12(15)28/h6-20,25-32H,3-5,22-24H2,1-2H3/t7-,8-,9-,10-,11-,12-,13-,14-,15?,16?,17+,18-,19+,20+,21-/m1/s1. The average Bonchev–Trinajstić information content (AvgIpc) is 2.89. The minimum atomic E-state index is -1.70. The Bertz CT molecular complexity index is 757. The zero-order chi connectivity index (χ0) is 28.5. The van der Waals surface area contributed by atoms with Crippen LogP contribution in [0.5, 0.6) is 0 Å². The van der Waals surface area contributed by atoms with Crippen LogP contribution in [0.4, 0.5) is 0 Å². The maximum Gasteiger partial charge on any atom is 0.177 e. The fourth-order valence-corrected chi connectivity index (χ4v) is 6.02. The Kier molecular flexibility index (Phi) is 11.1. The van der Waals surface area contributed by atoms with Gasteiger partial charge in [-0.1, -0.05) is 13.8 Å². The summed E-state index contributed by atoms with van der Waals surface area (Å²) in [4.78, 5) is -1.70. The second-order valence-electron chi connectivity index (χ2n) is 9.95. The van der Waals surface area contributed by atoms with E-state index in [1.165, 1.54) is 0 Å². The molecule has 3 rings (SSSR count). The molecule has 0 bridgehead atoms. The van der Waals surface area contributed by atoms with Crippen molar-refractivity contribution in [3.05, 3.63) is 0 Å². The Morgan fingerprint density at radius 2 is 1.26 bits per heavy atom. The average molecular weight is 576 g/mol. The van der Waals surface area contributed by atoms with E-state index in [1.807, 2.05) is 0 Å². The summed E-state index contributed by atoms with van der Waals surface area (Å²) in [5.74, 6) is 0. The molecular weight excluding hydrogens is 534 g/mol. The molecule has 3 saturated heterocycles. The van der Waals surface area contributed by atoms with Crippen molar-refractivity contribution < 1.29 is 64.5 Å². The van der Waals surface area contributed by atoms with Crippen LogP contribution in [0, 0.1) is 0 Å². The molecule has 16 nitrogen and oxygen atoms in total. The molecule has 2 unspecified atom stereocenters. The number of aliphatic hydroxyl groups excluding tert-OH is 8. The predicted molar refractivity (Wildman–Crippen MR) is 129 cm³/mol. The summed E-state index contributed by atoms with van der Waals surface area (Å²) in [6, 6.07) is -3.94. The maximum absolute atomic E-state index is 11.0. The van der Waals surface area contributed by atoms with Gasteiger partial charge in [-0.2, -0.15) is 0 Å². The Morgan fingerprint density at radius 3 is 1.79 bits per heavy atom. The normalized spacial score (nSPS) is 50.4. The van der Waals surface area contributed by atoms with E-state index in [2.05, 4.69) is 0 Å². The van der Waals surface area contributed by atoms with Gasteiger partial charge in [0.1, 0.15) is 48.8 Å². The van der Waals surface area contributed by atoms with E-state index >= 15 is 0 Å². The first kappa shape index (κ1) is 32.2. The largest absolute Gasteiger partial charge is 0.394 e. The molecule has 3 aliphatic rings. The lowest BCUT2D eigenvalue weighted by Crippen LogP contribution is -2.71. The van der Waals surface area contributed by atoms with Crippen molar-refractivity contribution >= 4 is 11.8 Å². The van der Waals surface area contributed by atoms with Crippen LogP contribution in [0.3, 0.4) is 0 Å². The third-order valence-corrected chi connectivity index (χ3v) is 8.20. The molecule has 0 saturated carbocycles. The van der Waals surface area contributed by atoms with Crippen LogP contribution in [0.25, 0.3) is 0 Å². The van der Waals surface area contributed by atoms with Gasteiger partial charge < -0.3 is 81.7 Å². The van der Waals surface area contributed by atoms with Crippen molar-refractivity contribution in [2.45, 2.75) is 110 Å². The van der Waals surface area contributed by atoms with Crippen LogP contribution < -0.4 is 17.2 Å². The van der Waals surface area contributed by atoms with Crippen LogP contribution in [0.1, 0.15) is 13.8 Å². The van der Waals surface area contributed by atoms with Crippen molar-refractivity contribution in [3.8, 4) is 0 Å². The fourth-order valence-electron chi connectivity index (χ4n) is 4.72. The number of hydrogen-bond donors (Lipinski definition) is 11. The van der Waals surface area contributed by atoms with Crippen molar-refractivity contribution in [1.82, 2.24) is 0 Å². The van der Waals surface area contributed by atoms with Gasteiger partial charge in [0, 0.05) is 5.25 Å². The summed E-state index contributed by atoms with van der Waals surface area (Å²) in [6.45, 7) is 1.52. The van der Waals surface area contributed by atoms with Gasteiger partial charge in [-0.05, 0) is 0 Å². The van der Waals surface area contributed by atoms with Crippen LogP contribution in [0.2, 0.25) is 0 Å². The SMILES string of the molecule is CC(C)S[C@@]1(CO)O[C@H](OC2[C@@H](CO)O[C@@H](OC3[C@@H](CO)O[C@@H](O)[C@H](N)[C@H]3O)[C@H](N)[C@H]2O)[C@H](N)[C@@H](O)[C@@H]1O. The molecule has 3 aliphatic heterocycles. The highest BCUT2D eigenvalue weighted by molar-refractivity contribution is 8.01. The molecule has 0 spiro atoms. The molecule has 0 aromatic carbocycles. The molecule has 0 aliphatic carbocycles. The number of hydrogen-bond acceptors (Lipinski definition) is 17. The number of nitrogens with two attached hydrogens (primary N) is 3. The molecule has 14 N–H and O–H groups in total. The molecule has 224 valence electrons. The quantitative estimate of drug-likeness (QED) is 0.122. The molecule has 0 aromatic heterocycles. The van der Waals surface area contributed by atoms with Gasteiger partial charge in [0.2, 0.25) is 0 Å².